The van der Waals surface area contributed by atoms with Crippen LogP contribution in [-0.4, -0.2) is 57.1 Å². The molecular weight excluding hydrogens is 554 g/mol. The number of rotatable bonds is 10. The Morgan fingerprint density at radius 2 is 1.75 bits per heavy atom. The fraction of sp³-hybridized carbons (Fsp3) is 0.257. The molecule has 1 fully saturated rings. The molecule has 1 aliphatic heterocycles. The lowest BCUT2D eigenvalue weighted by molar-refractivity contribution is -0.252. The molecule has 224 valence electrons. The highest BCUT2D eigenvalue weighted by Gasteiger charge is 2.33. The van der Waals surface area contributed by atoms with Crippen LogP contribution in [0.5, 0.6) is 0 Å². The summed E-state index contributed by atoms with van der Waals surface area (Å²) in [5.41, 5.74) is 5.96. The molecule has 2 aromatic heterocycles. The van der Waals surface area contributed by atoms with E-state index in [1.807, 2.05) is 97.2 Å². The first kappa shape index (κ1) is 29.5. The summed E-state index contributed by atoms with van der Waals surface area (Å²) in [4.78, 5) is 28.6. The van der Waals surface area contributed by atoms with Crippen LogP contribution in [0.15, 0.2) is 103 Å². The van der Waals surface area contributed by atoms with Gasteiger partial charge in [-0.3, -0.25) is 14.8 Å². The number of amides is 1. The lowest BCUT2D eigenvalue weighted by atomic mass is 9.99. The number of para-hydroxylation sites is 2. The number of aliphatic hydroxyl groups is 1. The Balaban J connectivity index is 1.18. The maximum Gasteiger partial charge on any atom is 0.275 e. The van der Waals surface area contributed by atoms with Gasteiger partial charge in [0.25, 0.3) is 5.91 Å². The number of ether oxygens (including phenoxy) is 2. The molecule has 5 aromatic rings. The summed E-state index contributed by atoms with van der Waals surface area (Å²) < 4.78 is 13.0. The number of hydrogen-bond donors (Lipinski definition) is 2. The summed E-state index contributed by atoms with van der Waals surface area (Å²) in [6.45, 7) is 1.55. The second-order valence-electron chi connectivity index (χ2n) is 11.0. The largest absolute Gasteiger partial charge is 0.392 e. The van der Waals surface area contributed by atoms with Crippen molar-refractivity contribution < 1.29 is 19.4 Å². The van der Waals surface area contributed by atoms with Crippen LogP contribution < -0.4 is 5.32 Å². The SMILES string of the molecule is CN(CCc1ccccn1)C[C@@H]1C[C@H](c2ccc(CO)cc2)O[C@H](c2cccc(NC(=O)c3cnc4ccccc4n3)c2)O1. The van der Waals surface area contributed by atoms with Crippen LogP contribution in [0.25, 0.3) is 11.0 Å². The van der Waals surface area contributed by atoms with Crippen molar-refractivity contribution in [1.82, 2.24) is 19.9 Å². The molecule has 0 aliphatic carbocycles. The first-order chi connectivity index (χ1) is 21.5. The number of likely N-dealkylation sites (N-methyl/N-ethyl adjacent to an activating group) is 1. The van der Waals surface area contributed by atoms with Gasteiger partial charge in [0.2, 0.25) is 0 Å². The average molecular weight is 590 g/mol. The molecule has 1 aliphatic rings. The zero-order valence-corrected chi connectivity index (χ0v) is 24.5. The van der Waals surface area contributed by atoms with Crippen LogP contribution >= 0.6 is 0 Å². The molecule has 44 heavy (non-hydrogen) atoms. The van der Waals surface area contributed by atoms with Crippen molar-refractivity contribution in [2.24, 2.45) is 0 Å². The number of hydrogen-bond acceptors (Lipinski definition) is 8. The van der Waals surface area contributed by atoms with E-state index in [9.17, 15) is 9.90 Å². The molecule has 3 atom stereocenters. The number of aliphatic hydroxyl groups excluding tert-OH is 1. The van der Waals surface area contributed by atoms with Gasteiger partial charge in [0.1, 0.15) is 5.69 Å². The van der Waals surface area contributed by atoms with E-state index in [1.54, 1.807) is 0 Å². The molecule has 9 nitrogen and oxygen atoms in total. The van der Waals surface area contributed by atoms with E-state index in [-0.39, 0.29) is 30.4 Å². The molecule has 1 saturated heterocycles. The van der Waals surface area contributed by atoms with Crippen LogP contribution in [0.3, 0.4) is 0 Å². The zero-order valence-electron chi connectivity index (χ0n) is 24.5. The van der Waals surface area contributed by atoms with Gasteiger partial charge >= 0.3 is 0 Å². The van der Waals surface area contributed by atoms with Gasteiger partial charge in [0, 0.05) is 49.1 Å². The Morgan fingerprint density at radius 3 is 2.55 bits per heavy atom. The van der Waals surface area contributed by atoms with Crippen molar-refractivity contribution in [2.75, 3.05) is 25.5 Å². The molecule has 3 heterocycles. The Kier molecular flexibility index (Phi) is 9.28. The molecule has 3 aromatic carbocycles. The number of nitrogens with one attached hydrogen (secondary N) is 1. The standard InChI is InChI=1S/C35H35N5O4/c1-40(18-16-27-8-4-5-17-36-27)22-29-20-33(25-14-12-24(23-41)13-15-25)44-35(43-29)26-7-6-9-28(19-26)38-34(42)32-21-37-30-10-2-3-11-31(30)39-32/h2-15,17,19,21,29,33,35,41H,16,18,20,22-23H2,1H3,(H,38,42)/t29-,33+,35+/m0/s1. The minimum Gasteiger partial charge on any atom is -0.392 e. The molecule has 0 unspecified atom stereocenters. The highest BCUT2D eigenvalue weighted by molar-refractivity contribution is 6.03. The molecule has 1 amide bonds. The van der Waals surface area contributed by atoms with E-state index in [2.05, 4.69) is 32.2 Å². The predicted molar refractivity (Wildman–Crippen MR) is 168 cm³/mol. The molecule has 0 saturated carbocycles. The van der Waals surface area contributed by atoms with Gasteiger partial charge in [-0.1, -0.05) is 54.6 Å². The lowest BCUT2D eigenvalue weighted by Crippen LogP contribution is -2.38. The third-order valence-electron chi connectivity index (χ3n) is 7.70. The van der Waals surface area contributed by atoms with Crippen molar-refractivity contribution in [2.45, 2.75) is 37.9 Å². The second kappa shape index (κ2) is 13.8. The van der Waals surface area contributed by atoms with Gasteiger partial charge in [0.05, 0.1) is 36.0 Å². The number of carbonyl (C=O) groups excluding carboxylic acids is 1. The van der Waals surface area contributed by atoms with Crippen LogP contribution in [-0.2, 0) is 22.5 Å². The first-order valence-electron chi connectivity index (χ1n) is 14.8. The van der Waals surface area contributed by atoms with Crippen molar-refractivity contribution in [1.29, 1.82) is 0 Å². The monoisotopic (exact) mass is 589 g/mol. The van der Waals surface area contributed by atoms with Crippen LogP contribution in [0.1, 0.15) is 51.7 Å². The van der Waals surface area contributed by atoms with Crippen LogP contribution in [0.4, 0.5) is 5.69 Å². The second-order valence-corrected chi connectivity index (χ2v) is 11.0. The maximum absolute atomic E-state index is 13.1. The molecule has 0 radical (unpaired) electrons. The van der Waals surface area contributed by atoms with Gasteiger partial charge in [-0.15, -0.1) is 0 Å². The van der Waals surface area contributed by atoms with Gasteiger partial charge in [-0.05, 0) is 54.6 Å². The third kappa shape index (κ3) is 7.32. The predicted octanol–water partition coefficient (Wildman–Crippen LogP) is 5.49. The van der Waals surface area contributed by atoms with Gasteiger partial charge in [0.15, 0.2) is 6.29 Å². The normalized spacial score (nSPS) is 18.4. The number of aromatic nitrogens is 3. The van der Waals surface area contributed by atoms with E-state index in [1.165, 1.54) is 6.20 Å². The summed E-state index contributed by atoms with van der Waals surface area (Å²) in [5.74, 6) is -0.347. The minimum absolute atomic E-state index is 0.00939. The summed E-state index contributed by atoms with van der Waals surface area (Å²) >= 11 is 0. The number of anilines is 1. The third-order valence-corrected chi connectivity index (χ3v) is 7.70. The molecule has 2 N–H and O–H groups in total. The quantitative estimate of drug-likeness (QED) is 0.220. The van der Waals surface area contributed by atoms with Crippen molar-refractivity contribution in [3.8, 4) is 0 Å². The highest BCUT2D eigenvalue weighted by Crippen LogP contribution is 2.38. The molecule has 0 spiro atoms. The summed E-state index contributed by atoms with van der Waals surface area (Å²) in [6, 6.07) is 28.8. The summed E-state index contributed by atoms with van der Waals surface area (Å²) in [7, 11) is 2.09. The summed E-state index contributed by atoms with van der Waals surface area (Å²) in [5, 5.41) is 12.5. The number of nitrogens with zero attached hydrogens (tertiary/aromatic N) is 4. The first-order valence-corrected chi connectivity index (χ1v) is 14.8. The van der Waals surface area contributed by atoms with Crippen molar-refractivity contribution in [3.63, 3.8) is 0 Å². The summed E-state index contributed by atoms with van der Waals surface area (Å²) in [6.07, 6.45) is 3.88. The van der Waals surface area contributed by atoms with Crippen LogP contribution in [0, 0.1) is 0 Å². The molecular formula is C35H35N5O4. The lowest BCUT2D eigenvalue weighted by Gasteiger charge is -2.38. The molecule has 9 heteroatoms. The Hall–Kier alpha value is -4.54. The zero-order chi connectivity index (χ0) is 30.3. The van der Waals surface area contributed by atoms with Gasteiger partial charge < -0.3 is 24.8 Å². The van der Waals surface area contributed by atoms with E-state index < -0.39 is 6.29 Å². The van der Waals surface area contributed by atoms with Gasteiger partial charge in [-0.2, -0.15) is 0 Å². The number of carbonyl (C=O) groups is 1. The Bertz CT molecular complexity index is 1700. The van der Waals surface area contributed by atoms with Crippen molar-refractivity contribution >= 4 is 22.6 Å². The topological polar surface area (TPSA) is 110 Å². The number of pyridine rings is 1. The van der Waals surface area contributed by atoms with Crippen LogP contribution in [0.2, 0.25) is 0 Å². The average Bonchev–Trinajstić information content (AvgIpc) is 3.07. The van der Waals surface area contributed by atoms with E-state index >= 15 is 0 Å². The van der Waals surface area contributed by atoms with Crippen molar-refractivity contribution in [3.05, 3.63) is 131 Å². The fourth-order valence-corrected chi connectivity index (χ4v) is 5.35. The van der Waals surface area contributed by atoms with E-state index in [0.29, 0.717) is 17.6 Å². The number of benzene rings is 3. The smallest absolute Gasteiger partial charge is 0.275 e. The minimum atomic E-state index is -0.641. The molecule has 6 rings (SSSR count). The molecule has 0 bridgehead atoms. The Labute approximate surface area is 256 Å². The highest BCUT2D eigenvalue weighted by atomic mass is 16.7. The van der Waals surface area contributed by atoms with E-state index in [0.717, 1.165) is 47.4 Å². The van der Waals surface area contributed by atoms with Gasteiger partial charge in [-0.25, -0.2) is 4.98 Å². The maximum atomic E-state index is 13.1. The fourth-order valence-electron chi connectivity index (χ4n) is 5.35. The number of fused-ring (bicyclic) bond motifs is 1. The van der Waals surface area contributed by atoms with E-state index in [4.69, 9.17) is 9.47 Å². The Morgan fingerprint density at radius 1 is 0.932 bits per heavy atom.